The molecule has 0 N–H and O–H groups in total. The van der Waals surface area contributed by atoms with Gasteiger partial charge in [0.15, 0.2) is 0 Å². The highest BCUT2D eigenvalue weighted by Gasteiger charge is 2.31. The SMILES string of the molecule is O=[N+]([O-])c1c(F)cccc1Oc1ccc(OC(F)(F)F)cc1. The first kappa shape index (κ1) is 15.5. The molecule has 0 bridgehead atoms. The van der Waals surface area contributed by atoms with Crippen molar-refractivity contribution in [2.24, 2.45) is 0 Å². The molecule has 116 valence electrons. The summed E-state index contributed by atoms with van der Waals surface area (Å²) in [4.78, 5) is 9.83. The molecule has 0 saturated heterocycles. The van der Waals surface area contributed by atoms with Crippen LogP contribution in [-0.2, 0) is 0 Å². The molecule has 0 aliphatic carbocycles. The number of benzene rings is 2. The van der Waals surface area contributed by atoms with Crippen LogP contribution in [0, 0.1) is 15.9 Å². The van der Waals surface area contributed by atoms with Crippen molar-refractivity contribution in [1.82, 2.24) is 0 Å². The molecule has 0 spiro atoms. The second-order valence-electron chi connectivity index (χ2n) is 3.96. The minimum Gasteiger partial charge on any atom is -0.450 e. The molecule has 5 nitrogen and oxygen atoms in total. The summed E-state index contributed by atoms with van der Waals surface area (Å²) in [7, 11) is 0. The Balaban J connectivity index is 2.22. The van der Waals surface area contributed by atoms with Gasteiger partial charge in [-0.3, -0.25) is 10.1 Å². The number of halogens is 4. The largest absolute Gasteiger partial charge is 0.573 e. The number of nitro benzene ring substituents is 1. The normalized spacial score (nSPS) is 11.1. The van der Waals surface area contributed by atoms with E-state index in [1.165, 1.54) is 12.1 Å². The monoisotopic (exact) mass is 317 g/mol. The van der Waals surface area contributed by atoms with Crippen molar-refractivity contribution in [3.05, 3.63) is 58.4 Å². The standard InChI is InChI=1S/C13H7F4NO4/c14-10-2-1-3-11(12(10)18(19)20)21-8-4-6-9(7-5-8)22-13(15,16)17/h1-7H. The first-order chi connectivity index (χ1) is 10.3. The Kier molecular flexibility index (Phi) is 4.15. The third-order valence-corrected chi connectivity index (χ3v) is 2.42. The average Bonchev–Trinajstić information content (AvgIpc) is 2.39. The Morgan fingerprint density at radius 1 is 1.00 bits per heavy atom. The smallest absolute Gasteiger partial charge is 0.450 e. The van der Waals surface area contributed by atoms with Gasteiger partial charge < -0.3 is 9.47 Å². The van der Waals surface area contributed by atoms with E-state index in [0.717, 1.165) is 30.3 Å². The van der Waals surface area contributed by atoms with E-state index in [0.29, 0.717) is 0 Å². The van der Waals surface area contributed by atoms with Crippen molar-refractivity contribution in [3.8, 4) is 17.2 Å². The van der Waals surface area contributed by atoms with Crippen LogP contribution in [0.5, 0.6) is 17.2 Å². The van der Waals surface area contributed by atoms with Crippen LogP contribution in [0.1, 0.15) is 0 Å². The van der Waals surface area contributed by atoms with Gasteiger partial charge in [-0.25, -0.2) is 0 Å². The summed E-state index contributed by atoms with van der Waals surface area (Å²) >= 11 is 0. The fourth-order valence-electron chi connectivity index (χ4n) is 1.59. The lowest BCUT2D eigenvalue weighted by molar-refractivity contribution is -0.388. The quantitative estimate of drug-likeness (QED) is 0.475. The Morgan fingerprint density at radius 2 is 1.59 bits per heavy atom. The Morgan fingerprint density at radius 3 is 2.14 bits per heavy atom. The summed E-state index contributed by atoms with van der Waals surface area (Å²) in [5.74, 6) is -1.94. The lowest BCUT2D eigenvalue weighted by Crippen LogP contribution is -2.16. The molecule has 2 aromatic carbocycles. The minimum atomic E-state index is -4.83. The summed E-state index contributed by atoms with van der Waals surface area (Å²) in [6, 6.07) is 7.42. The van der Waals surface area contributed by atoms with E-state index >= 15 is 0 Å². The molecule has 0 atom stereocenters. The van der Waals surface area contributed by atoms with Crippen molar-refractivity contribution in [2.45, 2.75) is 6.36 Å². The second kappa shape index (κ2) is 5.88. The molecule has 0 heterocycles. The Labute approximate surface area is 120 Å². The number of hydrogen-bond donors (Lipinski definition) is 0. The van der Waals surface area contributed by atoms with Gasteiger partial charge in [-0.05, 0) is 36.4 Å². The van der Waals surface area contributed by atoms with Crippen LogP contribution in [0.4, 0.5) is 23.2 Å². The van der Waals surface area contributed by atoms with E-state index in [1.807, 2.05) is 0 Å². The number of para-hydroxylation sites is 1. The van der Waals surface area contributed by atoms with Crippen LogP contribution in [0.3, 0.4) is 0 Å². The molecule has 22 heavy (non-hydrogen) atoms. The van der Waals surface area contributed by atoms with Gasteiger partial charge >= 0.3 is 12.0 Å². The van der Waals surface area contributed by atoms with Crippen molar-refractivity contribution in [2.75, 3.05) is 0 Å². The number of rotatable bonds is 4. The minimum absolute atomic E-state index is 0.0109. The predicted octanol–water partition coefficient (Wildman–Crippen LogP) is 4.42. The zero-order chi connectivity index (χ0) is 16.3. The van der Waals surface area contributed by atoms with Crippen molar-refractivity contribution in [1.29, 1.82) is 0 Å². The van der Waals surface area contributed by atoms with Gasteiger partial charge in [0.1, 0.15) is 11.5 Å². The fourth-order valence-corrected chi connectivity index (χ4v) is 1.59. The lowest BCUT2D eigenvalue weighted by Gasteiger charge is -2.10. The van der Waals surface area contributed by atoms with Gasteiger partial charge in [-0.15, -0.1) is 13.2 Å². The lowest BCUT2D eigenvalue weighted by atomic mass is 10.2. The maximum Gasteiger partial charge on any atom is 0.573 e. The van der Waals surface area contributed by atoms with Crippen LogP contribution in [-0.4, -0.2) is 11.3 Å². The van der Waals surface area contributed by atoms with Crippen LogP contribution in [0.15, 0.2) is 42.5 Å². The molecule has 0 aliphatic rings. The molecule has 2 rings (SSSR count). The van der Waals surface area contributed by atoms with Gasteiger partial charge in [-0.1, -0.05) is 6.07 Å². The van der Waals surface area contributed by atoms with E-state index in [4.69, 9.17) is 4.74 Å². The fraction of sp³-hybridized carbons (Fsp3) is 0.0769. The number of nitrogens with zero attached hydrogens (tertiary/aromatic N) is 1. The van der Waals surface area contributed by atoms with Gasteiger partial charge in [0.25, 0.3) is 0 Å². The van der Waals surface area contributed by atoms with Gasteiger partial charge in [0.2, 0.25) is 11.6 Å². The first-order valence-electron chi connectivity index (χ1n) is 5.73. The third-order valence-electron chi connectivity index (χ3n) is 2.42. The predicted molar refractivity (Wildman–Crippen MR) is 66.3 cm³/mol. The molecule has 0 aliphatic heterocycles. The molecular formula is C13H7F4NO4. The van der Waals surface area contributed by atoms with Crippen molar-refractivity contribution < 1.29 is 32.0 Å². The molecule has 0 radical (unpaired) electrons. The van der Waals surface area contributed by atoms with Crippen LogP contribution >= 0.6 is 0 Å². The molecular weight excluding hydrogens is 310 g/mol. The number of ether oxygens (including phenoxy) is 2. The van der Waals surface area contributed by atoms with Crippen LogP contribution in [0.25, 0.3) is 0 Å². The van der Waals surface area contributed by atoms with E-state index in [-0.39, 0.29) is 11.5 Å². The topological polar surface area (TPSA) is 61.6 Å². The highest BCUT2D eigenvalue weighted by Crippen LogP contribution is 2.34. The molecule has 0 saturated carbocycles. The van der Waals surface area contributed by atoms with E-state index < -0.39 is 28.5 Å². The first-order valence-corrected chi connectivity index (χ1v) is 5.73. The molecule has 0 fully saturated rings. The molecule has 0 aromatic heterocycles. The molecule has 0 unspecified atom stereocenters. The van der Waals surface area contributed by atoms with Crippen molar-refractivity contribution in [3.63, 3.8) is 0 Å². The highest BCUT2D eigenvalue weighted by molar-refractivity contribution is 5.49. The van der Waals surface area contributed by atoms with Gasteiger partial charge in [-0.2, -0.15) is 4.39 Å². The Bertz CT molecular complexity index is 685. The van der Waals surface area contributed by atoms with Crippen molar-refractivity contribution >= 4 is 5.69 Å². The molecule has 9 heteroatoms. The van der Waals surface area contributed by atoms with Crippen LogP contribution in [0.2, 0.25) is 0 Å². The number of nitro groups is 1. The zero-order valence-corrected chi connectivity index (χ0v) is 10.6. The van der Waals surface area contributed by atoms with E-state index in [2.05, 4.69) is 4.74 Å². The Hall–Kier alpha value is -2.84. The van der Waals surface area contributed by atoms with E-state index in [1.54, 1.807) is 0 Å². The summed E-state index contributed by atoms with van der Waals surface area (Å²) in [6.07, 6.45) is -4.83. The summed E-state index contributed by atoms with van der Waals surface area (Å²) in [6.45, 7) is 0. The number of hydrogen-bond acceptors (Lipinski definition) is 4. The summed E-state index contributed by atoms with van der Waals surface area (Å²) in [5.41, 5.74) is -0.863. The van der Waals surface area contributed by atoms with Crippen LogP contribution < -0.4 is 9.47 Å². The van der Waals surface area contributed by atoms with E-state index in [9.17, 15) is 27.7 Å². The molecule has 2 aromatic rings. The number of alkyl halides is 3. The van der Waals surface area contributed by atoms with Gasteiger partial charge in [0.05, 0.1) is 4.92 Å². The molecule has 0 amide bonds. The third kappa shape index (κ3) is 3.84. The summed E-state index contributed by atoms with van der Waals surface area (Å²) < 4.78 is 58.2. The second-order valence-corrected chi connectivity index (χ2v) is 3.96. The summed E-state index contributed by atoms with van der Waals surface area (Å²) in [5, 5.41) is 10.8. The maximum atomic E-state index is 13.4. The highest BCUT2D eigenvalue weighted by atomic mass is 19.4. The van der Waals surface area contributed by atoms with Gasteiger partial charge in [0, 0.05) is 0 Å². The zero-order valence-electron chi connectivity index (χ0n) is 10.6. The average molecular weight is 317 g/mol. The maximum absolute atomic E-state index is 13.4.